The maximum Gasteiger partial charge on any atom is 0.248 e. The Bertz CT molecular complexity index is 685. The standard InChI is InChI=1S/C16H20ClN3O3/c1-9(2)22-14-6-5-12(8-13(14)17)18-11(4)16(21)19-15-7-10(3)20-23-15/h5-9,11,18H,1-4H3,(H,19,21). The third kappa shape index (κ3) is 4.89. The number of hydrogen-bond donors (Lipinski definition) is 2. The highest BCUT2D eigenvalue weighted by molar-refractivity contribution is 6.32. The van der Waals surface area contributed by atoms with Gasteiger partial charge in [0.25, 0.3) is 0 Å². The maximum atomic E-state index is 12.1. The first-order chi connectivity index (χ1) is 10.8. The second-order valence-corrected chi connectivity index (χ2v) is 5.91. The lowest BCUT2D eigenvalue weighted by Crippen LogP contribution is -2.31. The quantitative estimate of drug-likeness (QED) is 0.837. The molecule has 0 saturated carbocycles. The maximum absolute atomic E-state index is 12.1. The van der Waals surface area contributed by atoms with Crippen LogP contribution in [-0.4, -0.2) is 23.2 Å². The molecule has 0 spiro atoms. The smallest absolute Gasteiger partial charge is 0.248 e. The molecule has 0 fully saturated rings. The first-order valence-electron chi connectivity index (χ1n) is 7.32. The Hall–Kier alpha value is -2.21. The number of halogens is 1. The van der Waals surface area contributed by atoms with Crippen molar-refractivity contribution < 1.29 is 14.1 Å². The fourth-order valence-corrected chi connectivity index (χ4v) is 2.13. The lowest BCUT2D eigenvalue weighted by atomic mass is 10.2. The molecule has 7 heteroatoms. The SMILES string of the molecule is Cc1cc(NC(=O)C(C)Nc2ccc(OC(C)C)c(Cl)c2)on1. The van der Waals surface area contributed by atoms with Crippen LogP contribution in [0.2, 0.25) is 5.02 Å². The van der Waals surface area contributed by atoms with Crippen molar-refractivity contribution in [1.82, 2.24) is 5.16 Å². The van der Waals surface area contributed by atoms with E-state index >= 15 is 0 Å². The van der Waals surface area contributed by atoms with E-state index in [1.54, 1.807) is 32.0 Å². The number of aromatic nitrogens is 1. The molecule has 2 rings (SSSR count). The Balaban J connectivity index is 1.97. The summed E-state index contributed by atoms with van der Waals surface area (Å²) in [6.07, 6.45) is 0.0429. The average molecular weight is 338 g/mol. The van der Waals surface area contributed by atoms with Crippen molar-refractivity contribution in [2.24, 2.45) is 0 Å². The monoisotopic (exact) mass is 337 g/mol. The fraction of sp³-hybridized carbons (Fsp3) is 0.375. The molecule has 0 saturated heterocycles. The molecule has 0 aliphatic rings. The average Bonchev–Trinajstić information content (AvgIpc) is 2.86. The van der Waals surface area contributed by atoms with Crippen LogP contribution in [0, 0.1) is 6.92 Å². The van der Waals surface area contributed by atoms with Crippen molar-refractivity contribution in [2.45, 2.75) is 39.8 Å². The van der Waals surface area contributed by atoms with Gasteiger partial charge in [-0.15, -0.1) is 0 Å². The van der Waals surface area contributed by atoms with Gasteiger partial charge in [-0.05, 0) is 45.9 Å². The number of rotatable bonds is 6. The summed E-state index contributed by atoms with van der Waals surface area (Å²) >= 11 is 6.18. The van der Waals surface area contributed by atoms with Gasteiger partial charge < -0.3 is 14.6 Å². The van der Waals surface area contributed by atoms with Crippen LogP contribution in [0.3, 0.4) is 0 Å². The van der Waals surface area contributed by atoms with Crippen molar-refractivity contribution >= 4 is 29.1 Å². The minimum absolute atomic E-state index is 0.0429. The predicted octanol–water partition coefficient (Wildman–Crippen LogP) is 3.86. The summed E-state index contributed by atoms with van der Waals surface area (Å²) in [4.78, 5) is 12.1. The third-order valence-corrected chi connectivity index (χ3v) is 3.24. The van der Waals surface area contributed by atoms with Gasteiger partial charge in [0, 0.05) is 11.8 Å². The van der Waals surface area contributed by atoms with Crippen LogP contribution in [0.1, 0.15) is 26.5 Å². The summed E-state index contributed by atoms with van der Waals surface area (Å²) in [7, 11) is 0. The number of benzene rings is 1. The molecular formula is C16H20ClN3O3. The third-order valence-electron chi connectivity index (χ3n) is 2.95. The molecule has 1 heterocycles. The van der Waals surface area contributed by atoms with Gasteiger partial charge in [-0.2, -0.15) is 0 Å². The Morgan fingerprint density at radius 3 is 2.61 bits per heavy atom. The van der Waals surface area contributed by atoms with Gasteiger partial charge in [0.1, 0.15) is 11.8 Å². The van der Waals surface area contributed by atoms with Crippen LogP contribution < -0.4 is 15.4 Å². The zero-order valence-corrected chi connectivity index (χ0v) is 14.3. The van der Waals surface area contributed by atoms with Crippen LogP contribution >= 0.6 is 11.6 Å². The molecule has 23 heavy (non-hydrogen) atoms. The van der Waals surface area contributed by atoms with E-state index < -0.39 is 6.04 Å². The van der Waals surface area contributed by atoms with Crippen molar-refractivity contribution in [3.05, 3.63) is 35.0 Å². The molecule has 1 aromatic heterocycles. The number of carbonyl (C=O) groups is 1. The molecule has 0 aliphatic heterocycles. The summed E-state index contributed by atoms with van der Waals surface area (Å²) in [5, 5.41) is 9.93. The largest absolute Gasteiger partial charge is 0.489 e. The van der Waals surface area contributed by atoms with E-state index in [1.165, 1.54) is 0 Å². The Kier molecular flexibility index (Phi) is 5.50. The molecule has 2 N–H and O–H groups in total. The summed E-state index contributed by atoms with van der Waals surface area (Å²) in [6.45, 7) is 7.38. The second-order valence-electron chi connectivity index (χ2n) is 5.50. The van der Waals surface area contributed by atoms with Crippen LogP contribution in [0.25, 0.3) is 0 Å². The van der Waals surface area contributed by atoms with E-state index in [0.717, 1.165) is 5.69 Å². The van der Waals surface area contributed by atoms with Crippen LogP contribution in [0.15, 0.2) is 28.8 Å². The number of carbonyl (C=O) groups excluding carboxylic acids is 1. The van der Waals surface area contributed by atoms with Gasteiger partial charge in [0.2, 0.25) is 11.8 Å². The lowest BCUT2D eigenvalue weighted by Gasteiger charge is -2.16. The van der Waals surface area contributed by atoms with Crippen molar-refractivity contribution in [3.63, 3.8) is 0 Å². The molecule has 124 valence electrons. The molecule has 1 unspecified atom stereocenters. The van der Waals surface area contributed by atoms with Gasteiger partial charge in [-0.3, -0.25) is 10.1 Å². The van der Waals surface area contributed by atoms with Crippen LogP contribution in [-0.2, 0) is 4.79 Å². The van der Waals surface area contributed by atoms with E-state index in [-0.39, 0.29) is 12.0 Å². The second kappa shape index (κ2) is 7.37. The van der Waals surface area contributed by atoms with E-state index in [9.17, 15) is 4.79 Å². The van der Waals surface area contributed by atoms with E-state index in [2.05, 4.69) is 15.8 Å². The van der Waals surface area contributed by atoms with Gasteiger partial charge in [0.05, 0.1) is 16.8 Å². The molecule has 1 atom stereocenters. The molecule has 0 radical (unpaired) electrons. The molecule has 6 nitrogen and oxygen atoms in total. The molecule has 0 aliphatic carbocycles. The Morgan fingerprint density at radius 1 is 1.30 bits per heavy atom. The predicted molar refractivity (Wildman–Crippen MR) is 90.2 cm³/mol. The minimum Gasteiger partial charge on any atom is -0.489 e. The fourth-order valence-electron chi connectivity index (χ4n) is 1.91. The lowest BCUT2D eigenvalue weighted by molar-refractivity contribution is -0.116. The highest BCUT2D eigenvalue weighted by Gasteiger charge is 2.15. The number of nitrogens with one attached hydrogen (secondary N) is 2. The molecule has 1 amide bonds. The van der Waals surface area contributed by atoms with E-state index in [4.69, 9.17) is 20.9 Å². The number of amides is 1. The summed E-state index contributed by atoms with van der Waals surface area (Å²) in [6, 6.07) is 6.48. The number of aryl methyl sites for hydroxylation is 1. The summed E-state index contributed by atoms with van der Waals surface area (Å²) < 4.78 is 10.5. The molecular weight excluding hydrogens is 318 g/mol. The van der Waals surface area contributed by atoms with Crippen molar-refractivity contribution in [3.8, 4) is 5.75 Å². The number of hydrogen-bond acceptors (Lipinski definition) is 5. The number of nitrogens with zero attached hydrogens (tertiary/aromatic N) is 1. The van der Waals surface area contributed by atoms with Gasteiger partial charge >= 0.3 is 0 Å². The summed E-state index contributed by atoms with van der Waals surface area (Å²) in [5.41, 5.74) is 1.43. The van der Waals surface area contributed by atoms with Crippen molar-refractivity contribution in [2.75, 3.05) is 10.6 Å². The van der Waals surface area contributed by atoms with Crippen LogP contribution in [0.4, 0.5) is 11.6 Å². The highest BCUT2D eigenvalue weighted by atomic mass is 35.5. The molecule has 0 bridgehead atoms. The number of anilines is 2. The van der Waals surface area contributed by atoms with E-state index in [0.29, 0.717) is 22.4 Å². The molecule has 2 aromatic rings. The van der Waals surface area contributed by atoms with Gasteiger partial charge in [-0.25, -0.2) is 0 Å². The minimum atomic E-state index is -0.478. The zero-order valence-electron chi connectivity index (χ0n) is 13.5. The zero-order chi connectivity index (χ0) is 17.0. The topological polar surface area (TPSA) is 76.4 Å². The molecule has 1 aromatic carbocycles. The highest BCUT2D eigenvalue weighted by Crippen LogP contribution is 2.28. The van der Waals surface area contributed by atoms with Crippen LogP contribution in [0.5, 0.6) is 5.75 Å². The first kappa shape index (κ1) is 17.1. The Labute approximate surface area is 140 Å². The van der Waals surface area contributed by atoms with Crippen molar-refractivity contribution in [1.29, 1.82) is 0 Å². The normalized spacial score (nSPS) is 12.1. The van der Waals surface area contributed by atoms with E-state index in [1.807, 2.05) is 19.9 Å². The van der Waals surface area contributed by atoms with Gasteiger partial charge in [0.15, 0.2) is 0 Å². The first-order valence-corrected chi connectivity index (χ1v) is 7.70. The number of ether oxygens (including phenoxy) is 1. The van der Waals surface area contributed by atoms with Gasteiger partial charge in [-0.1, -0.05) is 16.8 Å². The Morgan fingerprint density at radius 2 is 2.04 bits per heavy atom. The summed E-state index contributed by atoms with van der Waals surface area (Å²) in [5.74, 6) is 0.695.